The molecule has 0 aliphatic heterocycles. The monoisotopic (exact) mass is 621 g/mol. The normalized spacial score (nSPS) is 13.2. The Morgan fingerprint density at radius 3 is 2.55 bits per heavy atom. The first-order chi connectivity index (χ1) is 21.1. The Balaban J connectivity index is 1.81. The smallest absolute Gasteiger partial charge is 0.295 e. The van der Waals surface area contributed by atoms with E-state index in [2.05, 4.69) is 38.3 Å². The Hall–Kier alpha value is -3.65. The molecular formula is C36H41ClFNO5. The molecule has 2 unspecified atom stereocenters. The SMILES string of the molecule is C/C=C(/C)C(=C(C)C)c1c(Cl)ccc2c(CCCOc3cccc4cc(F)ccc34)c(C(O)OC(C)OC=O)n(CCC)c12. The van der Waals surface area contributed by atoms with Crippen LogP contribution in [0.4, 0.5) is 4.39 Å². The molecular weight excluding hydrogens is 581 g/mol. The van der Waals surface area contributed by atoms with Crippen LogP contribution in [0.25, 0.3) is 27.2 Å². The molecule has 1 aromatic heterocycles. The Morgan fingerprint density at radius 1 is 1.11 bits per heavy atom. The fourth-order valence-corrected chi connectivity index (χ4v) is 6.12. The lowest BCUT2D eigenvalue weighted by molar-refractivity contribution is -0.217. The molecule has 0 saturated heterocycles. The van der Waals surface area contributed by atoms with Gasteiger partial charge in [-0.15, -0.1) is 0 Å². The quantitative estimate of drug-likeness (QED) is 0.0657. The number of rotatable bonds is 14. The number of aromatic nitrogens is 1. The van der Waals surface area contributed by atoms with Crippen molar-refractivity contribution in [3.05, 3.63) is 93.4 Å². The number of allylic oxidation sites excluding steroid dienone is 4. The molecule has 1 N–H and O–H groups in total. The predicted molar refractivity (Wildman–Crippen MR) is 175 cm³/mol. The average Bonchev–Trinajstić information content (AvgIpc) is 3.29. The third kappa shape index (κ3) is 7.01. The number of benzene rings is 3. The maximum Gasteiger partial charge on any atom is 0.295 e. The first-order valence-electron chi connectivity index (χ1n) is 15.0. The number of carbonyl (C=O) groups excluding carboxylic acids is 1. The number of hydrogen-bond donors (Lipinski definition) is 1. The van der Waals surface area contributed by atoms with Gasteiger partial charge in [0.25, 0.3) is 6.47 Å². The number of nitrogens with zero attached hydrogens (tertiary/aromatic N) is 1. The summed E-state index contributed by atoms with van der Waals surface area (Å²) < 4.78 is 32.8. The molecule has 8 heteroatoms. The number of halogens is 2. The first kappa shape index (κ1) is 33.2. The van der Waals surface area contributed by atoms with E-state index in [0.29, 0.717) is 48.9 Å². The largest absolute Gasteiger partial charge is 0.493 e. The molecule has 0 saturated carbocycles. The first-order valence-corrected chi connectivity index (χ1v) is 15.4. The molecule has 0 amide bonds. The van der Waals surface area contributed by atoms with E-state index in [9.17, 15) is 14.3 Å². The van der Waals surface area contributed by atoms with Crippen LogP contribution in [-0.4, -0.2) is 29.0 Å². The summed E-state index contributed by atoms with van der Waals surface area (Å²) in [6, 6.07) is 14.1. The zero-order chi connectivity index (χ0) is 32.0. The summed E-state index contributed by atoms with van der Waals surface area (Å²) in [6.07, 6.45) is 1.75. The molecule has 234 valence electrons. The summed E-state index contributed by atoms with van der Waals surface area (Å²) in [5.41, 5.74) is 6.61. The molecule has 44 heavy (non-hydrogen) atoms. The summed E-state index contributed by atoms with van der Waals surface area (Å²) in [5.74, 6) is 0.392. The van der Waals surface area contributed by atoms with Crippen molar-refractivity contribution in [3.8, 4) is 5.75 Å². The van der Waals surface area contributed by atoms with Gasteiger partial charge >= 0.3 is 0 Å². The molecule has 3 aromatic carbocycles. The van der Waals surface area contributed by atoms with E-state index in [1.54, 1.807) is 13.0 Å². The average molecular weight is 622 g/mol. The summed E-state index contributed by atoms with van der Waals surface area (Å²) in [5, 5.41) is 14.7. The lowest BCUT2D eigenvalue weighted by Gasteiger charge is -2.21. The van der Waals surface area contributed by atoms with Gasteiger partial charge in [0, 0.05) is 22.9 Å². The number of hydrogen-bond acceptors (Lipinski definition) is 5. The molecule has 6 nitrogen and oxygen atoms in total. The van der Waals surface area contributed by atoms with Gasteiger partial charge in [0.15, 0.2) is 0 Å². The minimum Gasteiger partial charge on any atom is -0.493 e. The minimum atomic E-state index is -1.36. The molecule has 0 radical (unpaired) electrons. The van der Waals surface area contributed by atoms with Crippen molar-refractivity contribution in [1.82, 2.24) is 4.57 Å². The van der Waals surface area contributed by atoms with Crippen molar-refractivity contribution in [3.63, 3.8) is 0 Å². The number of aliphatic hydroxyl groups is 1. The van der Waals surface area contributed by atoms with Crippen molar-refractivity contribution >= 4 is 45.3 Å². The van der Waals surface area contributed by atoms with E-state index in [0.717, 1.165) is 55.9 Å². The maximum atomic E-state index is 13.8. The van der Waals surface area contributed by atoms with Crippen LogP contribution in [0.1, 0.15) is 77.5 Å². The Labute approximate surface area is 263 Å². The standard InChI is InChI=1S/C36H41ClFNO5/c1-7-18-39-34-29(16-17-30(37)33(34)32(22(3)4)23(5)8-2)28(35(39)36(41)44-24(6)43-21-40)12-10-19-42-31-13-9-11-25-20-26(38)14-15-27(25)31/h8-9,11,13-17,20-21,24,36,41H,7,10,12,18-19H2,1-6H3/b23-8-. The van der Waals surface area contributed by atoms with Crippen LogP contribution in [0.5, 0.6) is 5.75 Å². The van der Waals surface area contributed by atoms with E-state index < -0.39 is 12.6 Å². The topological polar surface area (TPSA) is 69.9 Å². The Morgan fingerprint density at radius 2 is 1.86 bits per heavy atom. The molecule has 2 atom stereocenters. The van der Waals surface area contributed by atoms with Crippen LogP contribution in [0, 0.1) is 5.82 Å². The Bertz CT molecular complexity index is 1700. The van der Waals surface area contributed by atoms with Crippen LogP contribution in [0.2, 0.25) is 5.02 Å². The van der Waals surface area contributed by atoms with Gasteiger partial charge in [-0.25, -0.2) is 4.39 Å². The van der Waals surface area contributed by atoms with Gasteiger partial charge in [-0.05, 0) is 106 Å². The lowest BCUT2D eigenvalue weighted by Crippen LogP contribution is -2.20. The molecule has 4 aromatic rings. The third-order valence-corrected chi connectivity index (χ3v) is 8.09. The number of aliphatic hydroxyl groups excluding tert-OH is 1. The number of aryl methyl sites for hydroxylation is 2. The zero-order valence-electron chi connectivity index (χ0n) is 26.2. The zero-order valence-corrected chi connectivity index (χ0v) is 27.0. The highest BCUT2D eigenvalue weighted by molar-refractivity contribution is 6.34. The molecule has 0 bridgehead atoms. The van der Waals surface area contributed by atoms with E-state index >= 15 is 0 Å². The molecule has 0 fully saturated rings. The second kappa shape index (κ2) is 14.9. The summed E-state index contributed by atoms with van der Waals surface area (Å²) in [7, 11) is 0. The van der Waals surface area contributed by atoms with Crippen LogP contribution in [-0.2, 0) is 27.2 Å². The van der Waals surface area contributed by atoms with Crippen molar-refractivity contribution in [2.24, 2.45) is 0 Å². The van der Waals surface area contributed by atoms with Gasteiger partial charge in [-0.3, -0.25) is 4.79 Å². The van der Waals surface area contributed by atoms with Gasteiger partial charge in [0.2, 0.25) is 12.6 Å². The van der Waals surface area contributed by atoms with Crippen molar-refractivity contribution in [2.75, 3.05) is 6.61 Å². The fourth-order valence-electron chi connectivity index (χ4n) is 5.87. The van der Waals surface area contributed by atoms with Crippen LogP contribution in [0.15, 0.2) is 65.8 Å². The predicted octanol–water partition coefficient (Wildman–Crippen LogP) is 9.29. The van der Waals surface area contributed by atoms with Crippen molar-refractivity contribution in [1.29, 1.82) is 0 Å². The van der Waals surface area contributed by atoms with E-state index in [1.807, 2.05) is 37.3 Å². The lowest BCUT2D eigenvalue weighted by atomic mass is 9.92. The van der Waals surface area contributed by atoms with Gasteiger partial charge in [0.05, 0.1) is 22.8 Å². The summed E-state index contributed by atoms with van der Waals surface area (Å²) in [4.78, 5) is 11.0. The highest BCUT2D eigenvalue weighted by atomic mass is 35.5. The summed E-state index contributed by atoms with van der Waals surface area (Å²) in [6.45, 7) is 13.2. The van der Waals surface area contributed by atoms with Gasteiger partial charge in [-0.2, -0.15) is 0 Å². The van der Waals surface area contributed by atoms with Crippen LogP contribution >= 0.6 is 11.6 Å². The molecule has 0 aliphatic rings. The van der Waals surface area contributed by atoms with E-state index in [-0.39, 0.29) is 5.82 Å². The van der Waals surface area contributed by atoms with Crippen molar-refractivity contribution < 1.29 is 28.5 Å². The maximum absolute atomic E-state index is 13.8. The molecule has 4 rings (SSSR count). The Kier molecular flexibility index (Phi) is 11.2. The highest BCUT2D eigenvalue weighted by Gasteiger charge is 2.28. The fraction of sp³-hybridized carbons (Fsp3) is 0.361. The number of fused-ring (bicyclic) bond motifs is 2. The van der Waals surface area contributed by atoms with E-state index in [1.165, 1.54) is 12.1 Å². The second-order valence-electron chi connectivity index (χ2n) is 11.0. The minimum absolute atomic E-state index is 0.292. The van der Waals surface area contributed by atoms with Gasteiger partial charge < -0.3 is 23.9 Å². The van der Waals surface area contributed by atoms with Crippen LogP contribution in [0.3, 0.4) is 0 Å². The highest BCUT2D eigenvalue weighted by Crippen LogP contribution is 2.42. The molecule has 1 heterocycles. The van der Waals surface area contributed by atoms with Gasteiger partial charge in [0.1, 0.15) is 11.6 Å². The molecule has 0 aliphatic carbocycles. The third-order valence-electron chi connectivity index (χ3n) is 7.78. The van der Waals surface area contributed by atoms with Crippen molar-refractivity contribution in [2.45, 2.75) is 79.9 Å². The molecule has 0 spiro atoms. The van der Waals surface area contributed by atoms with E-state index in [4.69, 9.17) is 25.8 Å². The summed E-state index contributed by atoms with van der Waals surface area (Å²) >= 11 is 6.96. The number of carbonyl (C=O) groups is 1. The van der Waals surface area contributed by atoms with Crippen LogP contribution < -0.4 is 4.74 Å². The van der Waals surface area contributed by atoms with Gasteiger partial charge in [-0.1, -0.05) is 48.4 Å². The number of ether oxygens (including phenoxy) is 3. The second-order valence-corrected chi connectivity index (χ2v) is 11.4.